The average Bonchev–Trinajstić information content (AvgIpc) is 2.25. The number of anilines is 1. The van der Waals surface area contributed by atoms with Crippen LogP contribution in [0.1, 0.15) is 25.7 Å². The van der Waals surface area contributed by atoms with Crippen LogP contribution in [0.4, 0.5) is 5.69 Å². The Labute approximate surface area is 99.8 Å². The van der Waals surface area contributed by atoms with Gasteiger partial charge in [0.05, 0.1) is 0 Å². The lowest BCUT2D eigenvalue weighted by Crippen LogP contribution is -2.01. The van der Waals surface area contributed by atoms with Crippen molar-refractivity contribution in [3.8, 4) is 0 Å². The molecule has 3 heteroatoms. The highest BCUT2D eigenvalue weighted by Crippen LogP contribution is 2.21. The van der Waals surface area contributed by atoms with E-state index in [2.05, 4.69) is 27.3 Å². The van der Waals surface area contributed by atoms with E-state index in [-0.39, 0.29) is 0 Å². The lowest BCUT2D eigenvalue weighted by Gasteiger charge is -2.07. The second-order valence-corrected chi connectivity index (χ2v) is 4.40. The van der Waals surface area contributed by atoms with Crippen molar-refractivity contribution in [1.82, 2.24) is 0 Å². The van der Waals surface area contributed by atoms with E-state index in [1.807, 2.05) is 18.2 Å². The second-order valence-electron chi connectivity index (χ2n) is 3.54. The SMILES string of the molecule is OCCCCCCNc1ccccc1Br. The Morgan fingerprint density at radius 2 is 1.80 bits per heavy atom. The Kier molecular flexibility index (Phi) is 6.44. The topological polar surface area (TPSA) is 32.3 Å². The van der Waals surface area contributed by atoms with Crippen LogP contribution in [0.15, 0.2) is 28.7 Å². The molecule has 0 aliphatic heterocycles. The summed E-state index contributed by atoms with van der Waals surface area (Å²) < 4.78 is 1.11. The number of halogens is 1. The van der Waals surface area contributed by atoms with E-state index in [1.165, 1.54) is 6.42 Å². The summed E-state index contributed by atoms with van der Waals surface area (Å²) in [6.07, 6.45) is 4.38. The quantitative estimate of drug-likeness (QED) is 0.745. The Morgan fingerprint density at radius 3 is 2.53 bits per heavy atom. The molecule has 0 heterocycles. The van der Waals surface area contributed by atoms with E-state index < -0.39 is 0 Å². The van der Waals surface area contributed by atoms with E-state index >= 15 is 0 Å². The van der Waals surface area contributed by atoms with Crippen molar-refractivity contribution in [3.63, 3.8) is 0 Å². The minimum absolute atomic E-state index is 0.317. The molecule has 0 unspecified atom stereocenters. The van der Waals surface area contributed by atoms with Gasteiger partial charge in [-0.05, 0) is 40.9 Å². The lowest BCUT2D eigenvalue weighted by atomic mass is 10.2. The van der Waals surface area contributed by atoms with Crippen LogP contribution in [0.2, 0.25) is 0 Å². The molecule has 2 nitrogen and oxygen atoms in total. The van der Waals surface area contributed by atoms with Crippen LogP contribution < -0.4 is 5.32 Å². The minimum atomic E-state index is 0.317. The van der Waals surface area contributed by atoms with E-state index in [1.54, 1.807) is 0 Å². The largest absolute Gasteiger partial charge is 0.396 e. The van der Waals surface area contributed by atoms with Gasteiger partial charge in [0.15, 0.2) is 0 Å². The number of aliphatic hydroxyl groups is 1. The van der Waals surface area contributed by atoms with Gasteiger partial charge in [-0.3, -0.25) is 0 Å². The van der Waals surface area contributed by atoms with Gasteiger partial charge in [0.25, 0.3) is 0 Å². The Balaban J connectivity index is 2.12. The number of nitrogens with one attached hydrogen (secondary N) is 1. The molecule has 0 radical (unpaired) electrons. The van der Waals surface area contributed by atoms with Crippen molar-refractivity contribution in [1.29, 1.82) is 0 Å². The number of benzene rings is 1. The molecular formula is C12H18BrNO. The van der Waals surface area contributed by atoms with Crippen LogP contribution in [-0.2, 0) is 0 Å². The van der Waals surface area contributed by atoms with Crippen LogP contribution in [0.5, 0.6) is 0 Å². The molecular weight excluding hydrogens is 254 g/mol. The highest BCUT2D eigenvalue weighted by atomic mass is 79.9. The van der Waals surface area contributed by atoms with Gasteiger partial charge in [-0.2, -0.15) is 0 Å². The van der Waals surface area contributed by atoms with Crippen molar-refractivity contribution >= 4 is 21.6 Å². The number of rotatable bonds is 7. The maximum Gasteiger partial charge on any atom is 0.0484 e. The molecule has 0 fully saturated rings. The third-order valence-electron chi connectivity index (χ3n) is 2.27. The molecule has 0 atom stereocenters. The molecule has 84 valence electrons. The first kappa shape index (κ1) is 12.5. The maximum absolute atomic E-state index is 8.62. The van der Waals surface area contributed by atoms with E-state index in [9.17, 15) is 0 Å². The van der Waals surface area contributed by atoms with Gasteiger partial charge in [-0.25, -0.2) is 0 Å². The third kappa shape index (κ3) is 5.19. The van der Waals surface area contributed by atoms with Crippen molar-refractivity contribution in [2.45, 2.75) is 25.7 Å². The maximum atomic E-state index is 8.62. The Hall–Kier alpha value is -0.540. The van der Waals surface area contributed by atoms with Crippen LogP contribution in [0, 0.1) is 0 Å². The molecule has 1 aromatic rings. The van der Waals surface area contributed by atoms with Crippen molar-refractivity contribution < 1.29 is 5.11 Å². The van der Waals surface area contributed by atoms with Crippen molar-refractivity contribution in [3.05, 3.63) is 28.7 Å². The third-order valence-corrected chi connectivity index (χ3v) is 2.97. The highest BCUT2D eigenvalue weighted by molar-refractivity contribution is 9.10. The summed E-state index contributed by atoms with van der Waals surface area (Å²) in [6.45, 7) is 1.31. The van der Waals surface area contributed by atoms with Crippen molar-refractivity contribution in [2.75, 3.05) is 18.5 Å². The minimum Gasteiger partial charge on any atom is -0.396 e. The fraction of sp³-hybridized carbons (Fsp3) is 0.500. The summed E-state index contributed by atoms with van der Waals surface area (Å²) in [7, 11) is 0. The molecule has 0 aromatic heterocycles. The monoisotopic (exact) mass is 271 g/mol. The average molecular weight is 272 g/mol. The summed E-state index contributed by atoms with van der Waals surface area (Å²) in [5.74, 6) is 0. The summed E-state index contributed by atoms with van der Waals surface area (Å²) >= 11 is 3.49. The molecule has 0 saturated carbocycles. The van der Waals surface area contributed by atoms with Crippen LogP contribution >= 0.6 is 15.9 Å². The first-order valence-electron chi connectivity index (χ1n) is 5.44. The number of hydrogen-bond acceptors (Lipinski definition) is 2. The zero-order valence-electron chi connectivity index (χ0n) is 8.88. The van der Waals surface area contributed by atoms with Crippen LogP contribution in [0.3, 0.4) is 0 Å². The van der Waals surface area contributed by atoms with Gasteiger partial charge >= 0.3 is 0 Å². The van der Waals surface area contributed by atoms with Crippen LogP contribution in [0.25, 0.3) is 0 Å². The van der Waals surface area contributed by atoms with Gasteiger partial charge in [0, 0.05) is 23.3 Å². The normalized spacial score (nSPS) is 10.3. The fourth-order valence-electron chi connectivity index (χ4n) is 1.42. The first-order valence-corrected chi connectivity index (χ1v) is 6.23. The predicted molar refractivity (Wildman–Crippen MR) is 68.2 cm³/mol. The predicted octanol–water partition coefficient (Wildman–Crippen LogP) is 3.41. The van der Waals surface area contributed by atoms with Gasteiger partial charge in [-0.15, -0.1) is 0 Å². The van der Waals surface area contributed by atoms with Crippen LogP contribution in [-0.4, -0.2) is 18.3 Å². The molecule has 0 aliphatic carbocycles. The molecule has 1 rings (SSSR count). The first-order chi connectivity index (χ1) is 7.34. The van der Waals surface area contributed by atoms with Gasteiger partial charge < -0.3 is 10.4 Å². The molecule has 0 saturated heterocycles. The fourth-order valence-corrected chi connectivity index (χ4v) is 1.84. The Morgan fingerprint density at radius 1 is 1.07 bits per heavy atom. The van der Waals surface area contributed by atoms with Gasteiger partial charge in [0.1, 0.15) is 0 Å². The molecule has 2 N–H and O–H groups in total. The summed E-state index contributed by atoms with van der Waals surface area (Å²) in [4.78, 5) is 0. The zero-order chi connectivity index (χ0) is 10.9. The number of aliphatic hydroxyl groups excluding tert-OH is 1. The molecule has 0 spiro atoms. The highest BCUT2D eigenvalue weighted by Gasteiger charge is 1.96. The van der Waals surface area contributed by atoms with E-state index in [0.29, 0.717) is 6.61 Å². The second kappa shape index (κ2) is 7.71. The number of hydrogen-bond donors (Lipinski definition) is 2. The van der Waals surface area contributed by atoms with Gasteiger partial charge in [-0.1, -0.05) is 25.0 Å². The molecule has 0 amide bonds. The molecule has 1 aromatic carbocycles. The number of para-hydroxylation sites is 1. The lowest BCUT2D eigenvalue weighted by molar-refractivity contribution is 0.283. The molecule has 15 heavy (non-hydrogen) atoms. The standard InChI is InChI=1S/C12H18BrNO/c13-11-7-3-4-8-12(11)14-9-5-1-2-6-10-15/h3-4,7-8,14-15H,1-2,5-6,9-10H2. The zero-order valence-corrected chi connectivity index (χ0v) is 10.5. The molecule has 0 bridgehead atoms. The van der Waals surface area contributed by atoms with E-state index in [4.69, 9.17) is 5.11 Å². The number of unbranched alkanes of at least 4 members (excludes halogenated alkanes) is 3. The Bertz CT molecular complexity index is 278. The molecule has 0 aliphatic rings. The summed E-state index contributed by atoms with van der Waals surface area (Å²) in [5, 5.41) is 12.0. The van der Waals surface area contributed by atoms with Gasteiger partial charge in [0.2, 0.25) is 0 Å². The smallest absolute Gasteiger partial charge is 0.0484 e. The summed E-state index contributed by atoms with van der Waals surface area (Å²) in [6, 6.07) is 8.14. The van der Waals surface area contributed by atoms with E-state index in [0.717, 1.165) is 36.0 Å². The van der Waals surface area contributed by atoms with Crippen molar-refractivity contribution in [2.24, 2.45) is 0 Å². The summed E-state index contributed by atoms with van der Waals surface area (Å²) in [5.41, 5.74) is 1.15.